The molecule has 1 amide bonds. The molecule has 18 heavy (non-hydrogen) atoms. The second kappa shape index (κ2) is 5.81. The van der Waals surface area contributed by atoms with Gasteiger partial charge >= 0.3 is 0 Å². The fourth-order valence-electron chi connectivity index (χ4n) is 2.16. The van der Waals surface area contributed by atoms with Crippen LogP contribution in [0.4, 0.5) is 0 Å². The lowest BCUT2D eigenvalue weighted by Gasteiger charge is -2.16. The van der Waals surface area contributed by atoms with Crippen molar-refractivity contribution in [3.63, 3.8) is 0 Å². The van der Waals surface area contributed by atoms with Crippen LogP contribution in [0.5, 0.6) is 0 Å². The maximum Gasteiger partial charge on any atom is 0.241 e. The number of nitrogens with zero attached hydrogens (tertiary/aromatic N) is 1. The molecule has 1 atom stereocenters. The first-order chi connectivity index (χ1) is 8.59. The van der Waals surface area contributed by atoms with Gasteiger partial charge in [-0.2, -0.15) is 0 Å². The second-order valence-electron chi connectivity index (χ2n) is 4.53. The summed E-state index contributed by atoms with van der Waals surface area (Å²) in [4.78, 5) is 11.6. The molecule has 0 aromatic rings. The molecular formula is C11H19N3O3S. The van der Waals surface area contributed by atoms with E-state index in [2.05, 4.69) is 10.6 Å². The molecule has 2 aliphatic heterocycles. The molecule has 2 aliphatic rings. The van der Waals surface area contributed by atoms with Crippen LogP contribution >= 0.6 is 0 Å². The lowest BCUT2D eigenvalue weighted by Crippen LogP contribution is -2.43. The highest BCUT2D eigenvalue weighted by Gasteiger charge is 2.25. The molecule has 2 rings (SSSR count). The molecule has 0 aliphatic carbocycles. The second-order valence-corrected chi connectivity index (χ2v) is 6.62. The van der Waals surface area contributed by atoms with Gasteiger partial charge in [-0.05, 0) is 12.8 Å². The molecule has 0 saturated carbocycles. The van der Waals surface area contributed by atoms with E-state index < -0.39 is 10.0 Å². The van der Waals surface area contributed by atoms with Gasteiger partial charge in [-0.1, -0.05) is 12.2 Å². The number of hydrogen-bond donors (Lipinski definition) is 2. The third kappa shape index (κ3) is 3.30. The van der Waals surface area contributed by atoms with Crippen molar-refractivity contribution in [2.45, 2.75) is 18.9 Å². The molecule has 7 heteroatoms. The van der Waals surface area contributed by atoms with Gasteiger partial charge in [-0.15, -0.1) is 0 Å². The maximum atomic E-state index is 11.9. The third-order valence-corrected chi connectivity index (χ3v) is 5.06. The van der Waals surface area contributed by atoms with Crippen LogP contribution in [0.15, 0.2) is 12.2 Å². The van der Waals surface area contributed by atoms with Crippen molar-refractivity contribution >= 4 is 15.9 Å². The summed E-state index contributed by atoms with van der Waals surface area (Å²) in [5.41, 5.74) is 0. The predicted octanol–water partition coefficient (Wildman–Crippen LogP) is -0.944. The van der Waals surface area contributed by atoms with E-state index in [0.717, 1.165) is 12.8 Å². The Morgan fingerprint density at radius 3 is 2.72 bits per heavy atom. The topological polar surface area (TPSA) is 78.5 Å². The van der Waals surface area contributed by atoms with Crippen LogP contribution in [0.3, 0.4) is 0 Å². The normalized spacial score (nSPS) is 24.6. The summed E-state index contributed by atoms with van der Waals surface area (Å²) < 4.78 is 25.3. The minimum Gasteiger partial charge on any atom is -0.353 e. The minimum atomic E-state index is -3.20. The van der Waals surface area contributed by atoms with Crippen LogP contribution < -0.4 is 10.6 Å². The van der Waals surface area contributed by atoms with E-state index >= 15 is 0 Å². The zero-order valence-corrected chi connectivity index (χ0v) is 11.1. The molecule has 2 N–H and O–H groups in total. The van der Waals surface area contributed by atoms with Gasteiger partial charge in [0.15, 0.2) is 0 Å². The molecule has 0 radical (unpaired) electrons. The Morgan fingerprint density at radius 2 is 2.11 bits per heavy atom. The van der Waals surface area contributed by atoms with Crippen LogP contribution in [-0.2, 0) is 14.8 Å². The smallest absolute Gasteiger partial charge is 0.241 e. The summed E-state index contributed by atoms with van der Waals surface area (Å²) in [5.74, 6) is -0.185. The average Bonchev–Trinajstić information content (AvgIpc) is 3.02. The molecule has 1 unspecified atom stereocenters. The summed E-state index contributed by atoms with van der Waals surface area (Å²) in [6.45, 7) is 2.08. The highest BCUT2D eigenvalue weighted by Crippen LogP contribution is 2.12. The van der Waals surface area contributed by atoms with Crippen molar-refractivity contribution in [1.29, 1.82) is 0 Å². The molecular weight excluding hydrogens is 254 g/mol. The van der Waals surface area contributed by atoms with Crippen LogP contribution in [0, 0.1) is 0 Å². The van der Waals surface area contributed by atoms with Crippen molar-refractivity contribution in [1.82, 2.24) is 14.9 Å². The molecule has 102 valence electrons. The van der Waals surface area contributed by atoms with Gasteiger partial charge in [0.2, 0.25) is 15.9 Å². The van der Waals surface area contributed by atoms with Crippen LogP contribution in [-0.4, -0.2) is 56.6 Å². The summed E-state index contributed by atoms with van der Waals surface area (Å²) in [6, 6.07) is -0.320. The zero-order valence-electron chi connectivity index (χ0n) is 10.3. The van der Waals surface area contributed by atoms with Gasteiger partial charge in [0.1, 0.15) is 6.04 Å². The first-order valence-electron chi connectivity index (χ1n) is 6.25. The minimum absolute atomic E-state index is 0.0187. The van der Waals surface area contributed by atoms with E-state index in [1.54, 1.807) is 6.08 Å². The Bertz CT molecular complexity index is 427. The Labute approximate surface area is 107 Å². The quantitative estimate of drug-likeness (QED) is 0.634. The van der Waals surface area contributed by atoms with Gasteiger partial charge in [0, 0.05) is 26.2 Å². The first-order valence-corrected chi connectivity index (χ1v) is 7.86. The molecule has 6 nitrogen and oxygen atoms in total. The van der Waals surface area contributed by atoms with E-state index in [9.17, 15) is 13.2 Å². The largest absolute Gasteiger partial charge is 0.353 e. The van der Waals surface area contributed by atoms with E-state index in [1.807, 2.05) is 6.08 Å². The van der Waals surface area contributed by atoms with Gasteiger partial charge in [0.25, 0.3) is 0 Å². The Balaban J connectivity index is 1.74. The van der Waals surface area contributed by atoms with Crippen LogP contribution in [0.25, 0.3) is 0 Å². The first kappa shape index (κ1) is 13.5. The molecule has 0 aromatic heterocycles. The highest BCUT2D eigenvalue weighted by atomic mass is 32.2. The number of carbonyl (C=O) groups excluding carboxylic acids is 1. The third-order valence-electron chi connectivity index (χ3n) is 3.18. The fourth-order valence-corrected chi connectivity index (χ4v) is 3.59. The summed E-state index contributed by atoms with van der Waals surface area (Å²) in [7, 11) is -3.20. The molecule has 0 spiro atoms. The maximum absolute atomic E-state index is 11.9. The van der Waals surface area contributed by atoms with E-state index in [1.165, 1.54) is 4.31 Å². The zero-order chi connectivity index (χ0) is 13.0. The van der Waals surface area contributed by atoms with Crippen molar-refractivity contribution in [3.05, 3.63) is 12.2 Å². The van der Waals surface area contributed by atoms with Crippen LogP contribution in [0.2, 0.25) is 0 Å². The fraction of sp³-hybridized carbons (Fsp3) is 0.727. The van der Waals surface area contributed by atoms with Gasteiger partial charge < -0.3 is 5.32 Å². The number of rotatable bonds is 5. The molecule has 0 bridgehead atoms. The lowest BCUT2D eigenvalue weighted by atomic mass is 10.3. The van der Waals surface area contributed by atoms with Gasteiger partial charge in [0.05, 0.1) is 5.75 Å². The number of hydrogen-bond acceptors (Lipinski definition) is 4. The SMILES string of the molecule is O=C(NCCS(=O)(=O)N1CCCC1)C1C=CCN1. The van der Waals surface area contributed by atoms with Gasteiger partial charge in [-0.25, -0.2) is 12.7 Å². The number of sulfonamides is 1. The van der Waals surface area contributed by atoms with Crippen LogP contribution in [0.1, 0.15) is 12.8 Å². The Kier molecular flexibility index (Phi) is 4.36. The summed E-state index contributed by atoms with van der Waals surface area (Å²) in [6.07, 6.45) is 5.53. The summed E-state index contributed by atoms with van der Waals surface area (Å²) >= 11 is 0. The van der Waals surface area contributed by atoms with Crippen molar-refractivity contribution in [2.24, 2.45) is 0 Å². The highest BCUT2D eigenvalue weighted by molar-refractivity contribution is 7.89. The van der Waals surface area contributed by atoms with Crippen molar-refractivity contribution < 1.29 is 13.2 Å². The standard InChI is InChI=1S/C11H19N3O3S/c15-11(10-4-3-5-12-10)13-6-9-18(16,17)14-7-1-2-8-14/h3-4,10,12H,1-2,5-9H2,(H,13,15). The molecule has 2 heterocycles. The van der Waals surface area contributed by atoms with E-state index in [0.29, 0.717) is 19.6 Å². The number of nitrogens with one attached hydrogen (secondary N) is 2. The summed E-state index contributed by atoms with van der Waals surface area (Å²) in [5, 5.41) is 5.62. The van der Waals surface area contributed by atoms with Gasteiger partial charge in [-0.3, -0.25) is 10.1 Å². The Morgan fingerprint density at radius 1 is 1.39 bits per heavy atom. The van der Waals surface area contributed by atoms with E-state index in [4.69, 9.17) is 0 Å². The molecule has 0 aromatic carbocycles. The number of amides is 1. The molecule has 1 fully saturated rings. The van der Waals surface area contributed by atoms with Crippen molar-refractivity contribution in [3.8, 4) is 0 Å². The number of carbonyl (C=O) groups is 1. The predicted molar refractivity (Wildman–Crippen MR) is 68.5 cm³/mol. The van der Waals surface area contributed by atoms with Crippen molar-refractivity contribution in [2.75, 3.05) is 31.9 Å². The molecule has 1 saturated heterocycles. The van der Waals surface area contributed by atoms with E-state index in [-0.39, 0.29) is 24.2 Å². The average molecular weight is 273 g/mol. The monoisotopic (exact) mass is 273 g/mol. The Hall–Kier alpha value is -0.920. The lowest BCUT2D eigenvalue weighted by molar-refractivity contribution is -0.121.